The second kappa shape index (κ2) is 5.73. The van der Waals surface area contributed by atoms with Crippen molar-refractivity contribution < 1.29 is 14.3 Å². The van der Waals surface area contributed by atoms with Crippen LogP contribution in [0.3, 0.4) is 0 Å². The Labute approximate surface area is 150 Å². The van der Waals surface area contributed by atoms with Gasteiger partial charge in [-0.25, -0.2) is 4.79 Å². The number of carbonyl (C=O) groups is 2. The van der Waals surface area contributed by atoms with Crippen molar-refractivity contribution in [3.8, 4) is 0 Å². The molecule has 5 rings (SSSR count). The van der Waals surface area contributed by atoms with E-state index in [-0.39, 0.29) is 5.91 Å². The second-order valence-electron chi connectivity index (χ2n) is 6.89. The fourth-order valence-corrected chi connectivity index (χ4v) is 4.03. The maximum Gasteiger partial charge on any atom is 0.339 e. The Kier molecular flexibility index (Phi) is 3.35. The molecular weight excluding hydrogens is 328 g/mol. The molecule has 0 radical (unpaired) electrons. The molecule has 1 aromatic heterocycles. The lowest BCUT2D eigenvalue weighted by atomic mass is 9.97. The van der Waals surface area contributed by atoms with Crippen molar-refractivity contribution in [2.75, 3.05) is 6.54 Å². The van der Waals surface area contributed by atoms with E-state index in [4.69, 9.17) is 4.74 Å². The summed E-state index contributed by atoms with van der Waals surface area (Å²) in [6.07, 6.45) is 0.495. The lowest BCUT2D eigenvalue weighted by Gasteiger charge is -2.32. The van der Waals surface area contributed by atoms with Crippen LogP contribution >= 0.6 is 0 Å². The molecule has 26 heavy (non-hydrogen) atoms. The Balaban J connectivity index is 1.41. The molecule has 1 N–H and O–H groups in total. The Morgan fingerprint density at radius 2 is 1.92 bits per heavy atom. The van der Waals surface area contributed by atoms with Crippen molar-refractivity contribution >= 4 is 22.8 Å². The zero-order chi connectivity index (χ0) is 17.7. The van der Waals surface area contributed by atoms with Crippen LogP contribution in [0, 0.1) is 0 Å². The Hall–Kier alpha value is -3.08. The summed E-state index contributed by atoms with van der Waals surface area (Å²) in [5.74, 6) is -0.515. The molecule has 0 bridgehead atoms. The summed E-state index contributed by atoms with van der Waals surface area (Å²) in [6.45, 7) is 1.18. The first kappa shape index (κ1) is 15.2. The van der Waals surface area contributed by atoms with Gasteiger partial charge < -0.3 is 14.6 Å². The molecule has 130 valence electrons. The van der Waals surface area contributed by atoms with Crippen molar-refractivity contribution in [1.29, 1.82) is 0 Å². The summed E-state index contributed by atoms with van der Waals surface area (Å²) in [4.78, 5) is 30.5. The quantitative estimate of drug-likeness (QED) is 0.689. The van der Waals surface area contributed by atoms with E-state index < -0.39 is 12.1 Å². The number of nitrogens with zero attached hydrogens (tertiary/aromatic N) is 1. The highest BCUT2D eigenvalue weighted by Gasteiger charge is 2.35. The molecule has 2 aromatic carbocycles. The summed E-state index contributed by atoms with van der Waals surface area (Å²) >= 11 is 0. The van der Waals surface area contributed by atoms with Crippen molar-refractivity contribution in [2.24, 2.45) is 0 Å². The molecule has 0 fully saturated rings. The summed E-state index contributed by atoms with van der Waals surface area (Å²) in [5, 5.41) is 1.16. The van der Waals surface area contributed by atoms with Gasteiger partial charge in [0.25, 0.3) is 5.91 Å². The average Bonchev–Trinajstić information content (AvgIpc) is 3.05. The number of hydrogen-bond acceptors (Lipinski definition) is 3. The molecule has 0 spiro atoms. The number of aromatic nitrogens is 1. The van der Waals surface area contributed by atoms with Crippen LogP contribution in [-0.2, 0) is 28.9 Å². The lowest BCUT2D eigenvalue weighted by molar-refractivity contribution is -0.142. The van der Waals surface area contributed by atoms with Crippen LogP contribution in [-0.4, -0.2) is 34.4 Å². The molecule has 0 saturated heterocycles. The second-order valence-corrected chi connectivity index (χ2v) is 6.89. The number of H-pyrrole nitrogens is 1. The van der Waals surface area contributed by atoms with E-state index in [0.29, 0.717) is 25.1 Å². The standard InChI is InChI=1S/C21H18N2O3/c24-20(19-11-13-5-1-2-6-14(13)21(25)26-19)23-10-9-18-16(12-23)15-7-3-4-8-17(15)22-18/h1-8,19,22H,9-12H2. The van der Waals surface area contributed by atoms with E-state index in [1.165, 1.54) is 11.3 Å². The summed E-state index contributed by atoms with van der Waals surface area (Å²) in [6, 6.07) is 15.5. The zero-order valence-corrected chi connectivity index (χ0v) is 14.2. The highest BCUT2D eigenvalue weighted by molar-refractivity contribution is 5.96. The van der Waals surface area contributed by atoms with E-state index in [9.17, 15) is 9.59 Å². The minimum absolute atomic E-state index is 0.108. The maximum atomic E-state index is 13.0. The summed E-state index contributed by atoms with van der Waals surface area (Å²) < 4.78 is 5.45. The molecule has 2 aliphatic rings. The average molecular weight is 346 g/mol. The van der Waals surface area contributed by atoms with Gasteiger partial charge in [-0.1, -0.05) is 36.4 Å². The fraction of sp³-hybridized carbons (Fsp3) is 0.238. The number of hydrogen-bond donors (Lipinski definition) is 1. The Morgan fingerprint density at radius 3 is 2.85 bits per heavy atom. The number of nitrogens with one attached hydrogen (secondary N) is 1. The molecule has 5 nitrogen and oxygen atoms in total. The van der Waals surface area contributed by atoms with Crippen LogP contribution in [0.1, 0.15) is 27.2 Å². The topological polar surface area (TPSA) is 62.4 Å². The van der Waals surface area contributed by atoms with Gasteiger partial charge in [0.1, 0.15) is 0 Å². The molecule has 1 atom stereocenters. The van der Waals surface area contributed by atoms with Crippen molar-refractivity contribution in [2.45, 2.75) is 25.5 Å². The van der Waals surface area contributed by atoms with Crippen molar-refractivity contribution in [1.82, 2.24) is 9.88 Å². The van der Waals surface area contributed by atoms with Crippen LogP contribution in [0.2, 0.25) is 0 Å². The monoisotopic (exact) mass is 346 g/mol. The van der Waals surface area contributed by atoms with Gasteiger partial charge in [0.2, 0.25) is 0 Å². The molecule has 5 heteroatoms. The van der Waals surface area contributed by atoms with Crippen LogP contribution in [0.4, 0.5) is 0 Å². The first-order valence-corrected chi connectivity index (χ1v) is 8.87. The molecule has 0 aliphatic carbocycles. The molecular formula is C21H18N2O3. The van der Waals surface area contributed by atoms with Crippen LogP contribution in [0.15, 0.2) is 48.5 Å². The maximum absolute atomic E-state index is 13.0. The van der Waals surface area contributed by atoms with E-state index in [1.54, 1.807) is 6.07 Å². The SMILES string of the molecule is O=C1OC(C(=O)N2CCc3[nH]c4ccccc4c3C2)Cc2ccccc21. The number of carbonyl (C=O) groups excluding carboxylic acids is 2. The summed E-state index contributed by atoms with van der Waals surface area (Å²) in [7, 11) is 0. The lowest BCUT2D eigenvalue weighted by Crippen LogP contribution is -2.46. The van der Waals surface area contributed by atoms with Gasteiger partial charge >= 0.3 is 5.97 Å². The summed E-state index contributed by atoms with van der Waals surface area (Å²) in [5.41, 5.74) is 4.91. The first-order chi connectivity index (χ1) is 12.7. The molecule has 1 unspecified atom stereocenters. The number of para-hydroxylation sites is 1. The largest absolute Gasteiger partial charge is 0.448 e. The first-order valence-electron chi connectivity index (χ1n) is 8.87. The Bertz CT molecular complexity index is 1040. The predicted molar refractivity (Wildman–Crippen MR) is 96.8 cm³/mol. The van der Waals surface area contributed by atoms with E-state index >= 15 is 0 Å². The van der Waals surface area contributed by atoms with Gasteiger partial charge in [0.05, 0.1) is 5.56 Å². The van der Waals surface area contributed by atoms with Crippen LogP contribution in [0.25, 0.3) is 10.9 Å². The van der Waals surface area contributed by atoms with Gasteiger partial charge in [-0.05, 0) is 17.7 Å². The van der Waals surface area contributed by atoms with Gasteiger partial charge in [-0.15, -0.1) is 0 Å². The van der Waals surface area contributed by atoms with E-state index in [1.807, 2.05) is 35.2 Å². The minimum Gasteiger partial charge on any atom is -0.448 e. The number of aromatic amines is 1. The van der Waals surface area contributed by atoms with E-state index in [2.05, 4.69) is 17.1 Å². The molecule has 1 amide bonds. The highest BCUT2D eigenvalue weighted by Crippen LogP contribution is 2.29. The van der Waals surface area contributed by atoms with Gasteiger partial charge in [-0.3, -0.25) is 4.79 Å². The smallest absolute Gasteiger partial charge is 0.339 e. The van der Waals surface area contributed by atoms with Crippen LogP contribution < -0.4 is 0 Å². The number of benzene rings is 2. The molecule has 2 aliphatic heterocycles. The molecule has 3 aromatic rings. The number of amides is 1. The third-order valence-corrected chi connectivity index (χ3v) is 5.36. The normalized spacial score (nSPS) is 19.0. The third kappa shape index (κ3) is 2.31. The number of fused-ring (bicyclic) bond motifs is 4. The number of cyclic esters (lactones) is 1. The minimum atomic E-state index is -0.732. The number of rotatable bonds is 1. The van der Waals surface area contributed by atoms with Crippen LogP contribution in [0.5, 0.6) is 0 Å². The van der Waals surface area contributed by atoms with E-state index in [0.717, 1.165) is 22.9 Å². The number of esters is 1. The fourth-order valence-electron chi connectivity index (χ4n) is 4.03. The third-order valence-electron chi connectivity index (χ3n) is 5.36. The highest BCUT2D eigenvalue weighted by atomic mass is 16.5. The predicted octanol–water partition coefficient (Wildman–Crippen LogP) is 2.83. The Morgan fingerprint density at radius 1 is 1.12 bits per heavy atom. The molecule has 3 heterocycles. The zero-order valence-electron chi connectivity index (χ0n) is 14.2. The van der Waals surface area contributed by atoms with Gasteiger partial charge in [0.15, 0.2) is 6.10 Å². The van der Waals surface area contributed by atoms with Gasteiger partial charge in [-0.2, -0.15) is 0 Å². The van der Waals surface area contributed by atoms with Gasteiger partial charge in [0, 0.05) is 48.1 Å². The van der Waals surface area contributed by atoms with Crippen molar-refractivity contribution in [3.63, 3.8) is 0 Å². The molecule has 0 saturated carbocycles. The number of ether oxygens (including phenoxy) is 1. The van der Waals surface area contributed by atoms with Crippen molar-refractivity contribution in [3.05, 3.63) is 70.9 Å².